The number of benzene rings is 1. The first-order valence-corrected chi connectivity index (χ1v) is 9.45. The molecule has 0 fully saturated rings. The third-order valence-corrected chi connectivity index (χ3v) is 4.36. The summed E-state index contributed by atoms with van der Waals surface area (Å²) in [5.74, 6) is 0.529. The number of amides is 1. The molecule has 5 nitrogen and oxygen atoms in total. The molecule has 0 saturated heterocycles. The van der Waals surface area contributed by atoms with Crippen molar-refractivity contribution in [3.05, 3.63) is 34.9 Å². The number of nitrogens with zero attached hydrogens (tertiary/aromatic N) is 1. The van der Waals surface area contributed by atoms with Crippen molar-refractivity contribution < 1.29 is 4.79 Å². The fourth-order valence-corrected chi connectivity index (χ4v) is 2.95. The number of carbonyl (C=O) groups excluding carboxylic acids is 1. The van der Waals surface area contributed by atoms with E-state index in [2.05, 4.69) is 33.3 Å². The third-order valence-electron chi connectivity index (χ3n) is 3.11. The van der Waals surface area contributed by atoms with E-state index in [1.165, 1.54) is 0 Å². The highest BCUT2D eigenvalue weighted by Gasteiger charge is 2.15. The molecule has 0 bridgehead atoms. The molecule has 0 spiro atoms. The van der Waals surface area contributed by atoms with Crippen LogP contribution in [0.3, 0.4) is 0 Å². The third kappa shape index (κ3) is 10.2. The Morgan fingerprint density at radius 1 is 1.32 bits per heavy atom. The lowest BCUT2D eigenvalue weighted by Gasteiger charge is -2.22. The van der Waals surface area contributed by atoms with E-state index in [0.717, 1.165) is 10.6 Å². The van der Waals surface area contributed by atoms with Gasteiger partial charge in [-0.15, -0.1) is 24.0 Å². The van der Waals surface area contributed by atoms with Crippen LogP contribution < -0.4 is 16.0 Å². The summed E-state index contributed by atoms with van der Waals surface area (Å²) in [7, 11) is 1.68. The van der Waals surface area contributed by atoms with Gasteiger partial charge < -0.3 is 16.0 Å². The first-order valence-electron chi connectivity index (χ1n) is 7.79. The highest BCUT2D eigenvalue weighted by molar-refractivity contribution is 14.0. The van der Waals surface area contributed by atoms with Crippen LogP contribution in [0.1, 0.15) is 31.6 Å². The van der Waals surface area contributed by atoms with Gasteiger partial charge in [-0.2, -0.15) is 11.8 Å². The van der Waals surface area contributed by atoms with Gasteiger partial charge in [0.2, 0.25) is 5.91 Å². The molecular formula is C17H28ClIN4OS. The molecule has 8 heteroatoms. The average molecular weight is 499 g/mol. The SMILES string of the molecule is CN=C(NCC(=O)NC(C)(C)C)NCC(SC)c1cccc(Cl)c1.I. The van der Waals surface area contributed by atoms with Crippen LogP contribution in [0.5, 0.6) is 0 Å². The number of halogens is 2. The second-order valence-electron chi connectivity index (χ2n) is 6.38. The van der Waals surface area contributed by atoms with E-state index >= 15 is 0 Å². The maximum absolute atomic E-state index is 11.9. The summed E-state index contributed by atoms with van der Waals surface area (Å²) in [6.07, 6.45) is 2.06. The molecule has 25 heavy (non-hydrogen) atoms. The molecule has 142 valence electrons. The summed E-state index contributed by atoms with van der Waals surface area (Å²) in [5.41, 5.74) is 0.912. The van der Waals surface area contributed by atoms with Crippen molar-refractivity contribution in [3.8, 4) is 0 Å². The van der Waals surface area contributed by atoms with E-state index in [0.29, 0.717) is 12.5 Å². The first kappa shape index (κ1) is 24.3. The van der Waals surface area contributed by atoms with E-state index in [-0.39, 0.29) is 47.2 Å². The van der Waals surface area contributed by atoms with Gasteiger partial charge in [0.25, 0.3) is 0 Å². The topological polar surface area (TPSA) is 65.5 Å². The maximum Gasteiger partial charge on any atom is 0.239 e. The molecule has 0 radical (unpaired) electrons. The minimum Gasteiger partial charge on any atom is -0.355 e. The van der Waals surface area contributed by atoms with Gasteiger partial charge in [0.05, 0.1) is 6.54 Å². The molecule has 0 aliphatic carbocycles. The Balaban J connectivity index is 0.00000576. The number of guanidine groups is 1. The molecular weight excluding hydrogens is 471 g/mol. The number of nitrogens with one attached hydrogen (secondary N) is 3. The lowest BCUT2D eigenvalue weighted by molar-refractivity contribution is -0.121. The van der Waals surface area contributed by atoms with E-state index in [1.807, 2.05) is 39.0 Å². The zero-order valence-electron chi connectivity index (χ0n) is 15.4. The van der Waals surface area contributed by atoms with Gasteiger partial charge in [-0.05, 0) is 44.7 Å². The van der Waals surface area contributed by atoms with E-state index in [1.54, 1.807) is 18.8 Å². The Morgan fingerprint density at radius 3 is 2.52 bits per heavy atom. The van der Waals surface area contributed by atoms with Crippen LogP contribution in [0.25, 0.3) is 0 Å². The number of rotatable bonds is 6. The second-order valence-corrected chi connectivity index (χ2v) is 7.86. The van der Waals surface area contributed by atoms with Gasteiger partial charge in [0, 0.05) is 29.4 Å². The number of hydrogen-bond donors (Lipinski definition) is 3. The Morgan fingerprint density at radius 2 is 2.00 bits per heavy atom. The highest BCUT2D eigenvalue weighted by atomic mass is 127. The molecule has 0 aromatic heterocycles. The van der Waals surface area contributed by atoms with Gasteiger partial charge >= 0.3 is 0 Å². The highest BCUT2D eigenvalue weighted by Crippen LogP contribution is 2.27. The van der Waals surface area contributed by atoms with Crippen LogP contribution in [-0.2, 0) is 4.79 Å². The molecule has 1 aromatic rings. The number of carbonyl (C=O) groups is 1. The maximum atomic E-state index is 11.9. The quantitative estimate of drug-likeness (QED) is 0.319. The minimum absolute atomic E-state index is 0. The molecule has 0 heterocycles. The standard InChI is InChI=1S/C17H27ClN4OS.HI/c1-17(2,3)22-15(23)11-21-16(19-4)20-10-14(24-5)12-7-6-8-13(18)9-12;/h6-9,14H,10-11H2,1-5H3,(H,22,23)(H2,19,20,21);1H. The molecule has 1 unspecified atom stereocenters. The zero-order chi connectivity index (χ0) is 18.2. The fraction of sp³-hybridized carbons (Fsp3) is 0.529. The van der Waals surface area contributed by atoms with Gasteiger partial charge in [-0.25, -0.2) is 0 Å². The van der Waals surface area contributed by atoms with Crippen molar-refractivity contribution in [3.63, 3.8) is 0 Å². The fourth-order valence-electron chi connectivity index (χ4n) is 2.08. The van der Waals surface area contributed by atoms with Gasteiger partial charge in [-0.1, -0.05) is 23.7 Å². The van der Waals surface area contributed by atoms with Gasteiger partial charge in [0.1, 0.15) is 0 Å². The molecule has 1 aromatic carbocycles. The second kappa shape index (κ2) is 11.9. The molecule has 0 aliphatic rings. The predicted molar refractivity (Wildman–Crippen MR) is 120 cm³/mol. The number of thioether (sulfide) groups is 1. The van der Waals surface area contributed by atoms with Crippen molar-refractivity contribution >= 4 is 59.2 Å². The lowest BCUT2D eigenvalue weighted by atomic mass is 10.1. The van der Waals surface area contributed by atoms with Crippen LogP contribution in [0.15, 0.2) is 29.3 Å². The molecule has 3 N–H and O–H groups in total. The summed E-state index contributed by atoms with van der Waals surface area (Å²) < 4.78 is 0. The first-order chi connectivity index (χ1) is 11.2. The van der Waals surface area contributed by atoms with E-state index in [4.69, 9.17) is 11.6 Å². The number of hydrogen-bond acceptors (Lipinski definition) is 3. The summed E-state index contributed by atoms with van der Waals surface area (Å²) in [5, 5.41) is 10.2. The lowest BCUT2D eigenvalue weighted by Crippen LogP contribution is -2.48. The monoisotopic (exact) mass is 498 g/mol. The normalized spacial score (nSPS) is 12.8. The average Bonchev–Trinajstić information content (AvgIpc) is 2.49. The Kier molecular flexibility index (Phi) is 11.5. The molecule has 1 amide bonds. The largest absolute Gasteiger partial charge is 0.355 e. The summed E-state index contributed by atoms with van der Waals surface area (Å²) in [4.78, 5) is 16.0. The Labute approximate surface area is 177 Å². The Hall–Kier alpha value is -0.670. The Bertz CT molecular complexity index is 578. The number of aliphatic imine (C=N–C) groups is 1. The van der Waals surface area contributed by atoms with Crippen LogP contribution in [0.2, 0.25) is 5.02 Å². The zero-order valence-corrected chi connectivity index (χ0v) is 19.3. The van der Waals surface area contributed by atoms with E-state index in [9.17, 15) is 4.79 Å². The van der Waals surface area contributed by atoms with Gasteiger partial charge in [-0.3, -0.25) is 9.79 Å². The summed E-state index contributed by atoms with van der Waals surface area (Å²) >= 11 is 7.80. The van der Waals surface area contributed by atoms with Crippen LogP contribution in [-0.4, -0.2) is 43.8 Å². The molecule has 0 saturated carbocycles. The summed E-state index contributed by atoms with van der Waals surface area (Å²) in [6, 6.07) is 7.84. The van der Waals surface area contributed by atoms with Crippen molar-refractivity contribution in [2.45, 2.75) is 31.6 Å². The van der Waals surface area contributed by atoms with Gasteiger partial charge in [0.15, 0.2) is 5.96 Å². The van der Waals surface area contributed by atoms with Crippen LogP contribution >= 0.6 is 47.3 Å². The minimum atomic E-state index is -0.244. The van der Waals surface area contributed by atoms with Crippen LogP contribution in [0, 0.1) is 0 Å². The predicted octanol–water partition coefficient (Wildman–Crippen LogP) is 3.44. The van der Waals surface area contributed by atoms with Crippen molar-refractivity contribution in [2.75, 3.05) is 26.4 Å². The van der Waals surface area contributed by atoms with Crippen molar-refractivity contribution in [1.29, 1.82) is 0 Å². The van der Waals surface area contributed by atoms with Crippen molar-refractivity contribution in [2.24, 2.45) is 4.99 Å². The van der Waals surface area contributed by atoms with Crippen molar-refractivity contribution in [1.82, 2.24) is 16.0 Å². The molecule has 0 aliphatic heterocycles. The summed E-state index contributed by atoms with van der Waals surface area (Å²) in [6.45, 7) is 6.71. The van der Waals surface area contributed by atoms with E-state index < -0.39 is 0 Å². The molecule has 1 atom stereocenters. The van der Waals surface area contributed by atoms with Crippen LogP contribution in [0.4, 0.5) is 0 Å². The smallest absolute Gasteiger partial charge is 0.239 e. The molecule has 1 rings (SSSR count).